The van der Waals surface area contributed by atoms with Crippen molar-refractivity contribution in [1.29, 1.82) is 0 Å². The first-order valence-electron chi connectivity index (χ1n) is 4.62. The molecule has 0 aromatic carbocycles. The summed E-state index contributed by atoms with van der Waals surface area (Å²) in [6, 6.07) is 0. The van der Waals surface area contributed by atoms with E-state index in [1.54, 1.807) is 6.33 Å². The van der Waals surface area contributed by atoms with Gasteiger partial charge in [0.15, 0.2) is 5.95 Å². The number of nitrogens with two attached hydrogens (primary N) is 1. The lowest BCUT2D eigenvalue weighted by Crippen LogP contribution is -2.11. The van der Waals surface area contributed by atoms with Crippen molar-refractivity contribution in [3.05, 3.63) is 29.1 Å². The maximum absolute atomic E-state index is 5.63. The summed E-state index contributed by atoms with van der Waals surface area (Å²) >= 11 is 0. The predicted octanol–water partition coefficient (Wildman–Crippen LogP) is 0.771. The predicted molar refractivity (Wildman–Crippen MR) is 51.9 cm³/mol. The average molecular weight is 189 g/mol. The molecule has 0 bridgehead atoms. The zero-order chi connectivity index (χ0) is 9.71. The molecule has 0 fully saturated rings. The van der Waals surface area contributed by atoms with Crippen LogP contribution in [0.4, 0.5) is 5.95 Å². The number of aromatic amines is 2. The molecule has 14 heavy (non-hydrogen) atoms. The van der Waals surface area contributed by atoms with Gasteiger partial charge in [-0.25, -0.2) is 9.97 Å². The highest BCUT2D eigenvalue weighted by Gasteiger charge is 2.27. The van der Waals surface area contributed by atoms with Gasteiger partial charge in [0.2, 0.25) is 0 Å². The third-order valence-electron chi connectivity index (χ3n) is 2.77. The molecule has 2 aromatic heterocycles. The summed E-state index contributed by atoms with van der Waals surface area (Å²) < 4.78 is 0. The number of aromatic nitrogens is 4. The molecule has 1 atom stereocenters. The minimum Gasteiger partial charge on any atom is -0.369 e. The van der Waals surface area contributed by atoms with Crippen LogP contribution in [0.3, 0.4) is 0 Å². The average Bonchev–Trinajstić information content (AvgIpc) is 2.71. The van der Waals surface area contributed by atoms with Crippen LogP contribution >= 0.6 is 0 Å². The second kappa shape index (κ2) is 2.37. The van der Waals surface area contributed by atoms with Gasteiger partial charge in [-0.3, -0.25) is 0 Å². The van der Waals surface area contributed by atoms with Crippen LogP contribution in [0.15, 0.2) is 6.33 Å². The molecule has 3 rings (SSSR count). The fourth-order valence-corrected chi connectivity index (χ4v) is 2.09. The van der Waals surface area contributed by atoms with E-state index in [0.717, 1.165) is 29.2 Å². The largest absolute Gasteiger partial charge is 0.369 e. The number of rotatable bonds is 0. The van der Waals surface area contributed by atoms with Crippen LogP contribution in [-0.2, 0) is 6.42 Å². The third kappa shape index (κ3) is 0.837. The molecule has 1 aliphatic carbocycles. The van der Waals surface area contributed by atoms with Crippen LogP contribution in [0.5, 0.6) is 0 Å². The first kappa shape index (κ1) is 7.61. The number of fused-ring (bicyclic) bond motifs is 2. The van der Waals surface area contributed by atoms with Gasteiger partial charge >= 0.3 is 0 Å². The summed E-state index contributed by atoms with van der Waals surface area (Å²) in [6.07, 6.45) is 2.53. The lowest BCUT2D eigenvalue weighted by atomic mass is 9.92. The van der Waals surface area contributed by atoms with Gasteiger partial charge in [-0.15, -0.1) is 0 Å². The van der Waals surface area contributed by atoms with E-state index in [4.69, 9.17) is 5.73 Å². The highest BCUT2D eigenvalue weighted by Crippen LogP contribution is 2.32. The summed E-state index contributed by atoms with van der Waals surface area (Å²) in [4.78, 5) is 14.8. The van der Waals surface area contributed by atoms with Crippen molar-refractivity contribution in [2.45, 2.75) is 19.3 Å². The van der Waals surface area contributed by atoms with Crippen molar-refractivity contribution in [2.75, 3.05) is 5.73 Å². The summed E-state index contributed by atoms with van der Waals surface area (Å²) in [5.74, 6) is 0.747. The quantitative estimate of drug-likeness (QED) is 0.572. The SMILES string of the molecule is CC1c2nc(N)[nH]c2Cc2nc[nH]c21. The molecule has 72 valence electrons. The fraction of sp³-hybridized carbons (Fsp3) is 0.333. The molecule has 1 unspecified atom stereocenters. The molecule has 0 radical (unpaired) electrons. The van der Waals surface area contributed by atoms with Gasteiger partial charge in [-0.05, 0) is 0 Å². The number of hydrogen-bond donors (Lipinski definition) is 3. The van der Waals surface area contributed by atoms with Gasteiger partial charge in [0, 0.05) is 23.7 Å². The molecule has 0 amide bonds. The maximum atomic E-state index is 5.63. The Morgan fingerprint density at radius 3 is 3.29 bits per heavy atom. The number of imidazole rings is 2. The van der Waals surface area contributed by atoms with E-state index in [-0.39, 0.29) is 5.92 Å². The summed E-state index contributed by atoms with van der Waals surface area (Å²) in [5, 5.41) is 0. The zero-order valence-electron chi connectivity index (χ0n) is 7.83. The standard InChI is InChI=1S/C9H11N5/c1-4-7-5(11-3-12-7)2-6-8(4)14-9(10)13-6/h3-4H,2H2,1H3,(H,11,12)(H3,10,13,14). The van der Waals surface area contributed by atoms with Crippen molar-refractivity contribution in [3.8, 4) is 0 Å². The molecule has 2 aromatic rings. The van der Waals surface area contributed by atoms with Gasteiger partial charge in [0.1, 0.15) is 0 Å². The van der Waals surface area contributed by atoms with Crippen LogP contribution in [-0.4, -0.2) is 19.9 Å². The first-order chi connectivity index (χ1) is 6.75. The maximum Gasteiger partial charge on any atom is 0.197 e. The van der Waals surface area contributed by atoms with Gasteiger partial charge in [-0.2, -0.15) is 0 Å². The van der Waals surface area contributed by atoms with E-state index in [1.165, 1.54) is 0 Å². The Morgan fingerprint density at radius 1 is 1.57 bits per heavy atom. The van der Waals surface area contributed by atoms with Crippen LogP contribution in [0.1, 0.15) is 35.6 Å². The Kier molecular flexibility index (Phi) is 1.29. The second-order valence-corrected chi connectivity index (χ2v) is 3.65. The van der Waals surface area contributed by atoms with Crippen molar-refractivity contribution < 1.29 is 0 Å². The van der Waals surface area contributed by atoms with Crippen molar-refractivity contribution >= 4 is 5.95 Å². The number of nitrogens with one attached hydrogen (secondary N) is 2. The monoisotopic (exact) mass is 189 g/mol. The molecule has 5 nitrogen and oxygen atoms in total. The van der Waals surface area contributed by atoms with E-state index < -0.39 is 0 Å². The topological polar surface area (TPSA) is 83.4 Å². The molecular weight excluding hydrogens is 178 g/mol. The molecule has 0 aliphatic heterocycles. The Hall–Kier alpha value is -1.78. The highest BCUT2D eigenvalue weighted by atomic mass is 15.1. The minimum atomic E-state index is 0.254. The lowest BCUT2D eigenvalue weighted by Gasteiger charge is -2.16. The van der Waals surface area contributed by atoms with Gasteiger partial charge in [0.25, 0.3) is 0 Å². The number of H-pyrrole nitrogens is 2. The zero-order valence-corrected chi connectivity index (χ0v) is 7.83. The first-order valence-corrected chi connectivity index (χ1v) is 4.62. The smallest absolute Gasteiger partial charge is 0.197 e. The number of hydrogen-bond acceptors (Lipinski definition) is 3. The summed E-state index contributed by atoms with van der Waals surface area (Å²) in [5.41, 5.74) is 10.0. The van der Waals surface area contributed by atoms with Crippen molar-refractivity contribution in [3.63, 3.8) is 0 Å². The number of nitrogen functional groups attached to an aromatic ring is 1. The molecule has 5 heteroatoms. The number of nitrogens with zero attached hydrogens (tertiary/aromatic N) is 2. The Balaban J connectivity index is 2.19. The van der Waals surface area contributed by atoms with Crippen molar-refractivity contribution in [1.82, 2.24) is 19.9 Å². The molecule has 0 spiro atoms. The van der Waals surface area contributed by atoms with E-state index in [9.17, 15) is 0 Å². The van der Waals surface area contributed by atoms with Crippen LogP contribution in [0.25, 0.3) is 0 Å². The van der Waals surface area contributed by atoms with E-state index >= 15 is 0 Å². The van der Waals surface area contributed by atoms with Gasteiger partial charge < -0.3 is 15.7 Å². The van der Waals surface area contributed by atoms with Gasteiger partial charge in [0.05, 0.1) is 17.7 Å². The Labute approximate surface area is 80.8 Å². The Morgan fingerprint density at radius 2 is 2.43 bits per heavy atom. The van der Waals surface area contributed by atoms with Crippen LogP contribution in [0.2, 0.25) is 0 Å². The second-order valence-electron chi connectivity index (χ2n) is 3.65. The molecular formula is C9H11N5. The summed E-state index contributed by atoms with van der Waals surface area (Å²) in [7, 11) is 0. The molecule has 2 heterocycles. The highest BCUT2D eigenvalue weighted by molar-refractivity contribution is 5.41. The molecule has 1 aliphatic rings. The van der Waals surface area contributed by atoms with Crippen LogP contribution in [0, 0.1) is 0 Å². The Bertz CT molecular complexity index is 481. The third-order valence-corrected chi connectivity index (χ3v) is 2.77. The lowest BCUT2D eigenvalue weighted by molar-refractivity contribution is 0.782. The molecule has 4 N–H and O–H groups in total. The van der Waals surface area contributed by atoms with E-state index in [2.05, 4.69) is 26.9 Å². The summed E-state index contributed by atoms with van der Waals surface area (Å²) in [6.45, 7) is 2.11. The van der Waals surface area contributed by atoms with Crippen molar-refractivity contribution in [2.24, 2.45) is 0 Å². The molecule has 0 saturated carbocycles. The molecule has 0 saturated heterocycles. The fourth-order valence-electron chi connectivity index (χ4n) is 2.09. The van der Waals surface area contributed by atoms with E-state index in [1.807, 2.05) is 0 Å². The number of anilines is 1. The van der Waals surface area contributed by atoms with Gasteiger partial charge in [-0.1, -0.05) is 6.92 Å². The minimum absolute atomic E-state index is 0.254. The van der Waals surface area contributed by atoms with Crippen LogP contribution < -0.4 is 5.73 Å². The normalized spacial score (nSPS) is 19.1. The van der Waals surface area contributed by atoms with E-state index in [0.29, 0.717) is 5.95 Å².